The van der Waals surface area contributed by atoms with Gasteiger partial charge in [-0.3, -0.25) is 9.59 Å². The number of carboxylic acid groups (broad SMARTS) is 1. The molecule has 0 aromatic heterocycles. The minimum absolute atomic E-state index is 0.0441. The van der Waals surface area contributed by atoms with E-state index in [-0.39, 0.29) is 24.0 Å². The zero-order chi connectivity index (χ0) is 14.6. The third-order valence-corrected chi connectivity index (χ3v) is 3.42. The summed E-state index contributed by atoms with van der Waals surface area (Å²) in [5, 5.41) is 21.1. The molecular weight excluding hydrogens is 246 g/mol. The SMILES string of the molecule is CC(C)C(C)(CC(=O)Nc1cccc(O)c1)C(=O)O. The molecule has 0 heterocycles. The summed E-state index contributed by atoms with van der Waals surface area (Å²) in [6.07, 6.45) is -0.115. The third kappa shape index (κ3) is 3.71. The Balaban J connectivity index is 2.77. The Morgan fingerprint density at radius 3 is 2.47 bits per heavy atom. The predicted molar refractivity (Wildman–Crippen MR) is 71.9 cm³/mol. The highest BCUT2D eigenvalue weighted by Crippen LogP contribution is 2.31. The van der Waals surface area contributed by atoms with E-state index in [0.717, 1.165) is 0 Å². The van der Waals surface area contributed by atoms with Crippen molar-refractivity contribution in [1.82, 2.24) is 0 Å². The first-order chi connectivity index (χ1) is 8.75. The van der Waals surface area contributed by atoms with Crippen LogP contribution >= 0.6 is 0 Å². The fraction of sp³-hybridized carbons (Fsp3) is 0.429. The Morgan fingerprint density at radius 1 is 1.37 bits per heavy atom. The average Bonchev–Trinajstić information content (AvgIpc) is 2.27. The molecule has 0 aliphatic carbocycles. The van der Waals surface area contributed by atoms with Crippen molar-refractivity contribution in [1.29, 1.82) is 0 Å². The van der Waals surface area contributed by atoms with Gasteiger partial charge in [-0.2, -0.15) is 0 Å². The summed E-state index contributed by atoms with van der Waals surface area (Å²) in [6.45, 7) is 5.10. The molecule has 5 heteroatoms. The lowest BCUT2D eigenvalue weighted by atomic mass is 9.76. The van der Waals surface area contributed by atoms with E-state index in [9.17, 15) is 19.8 Å². The van der Waals surface area contributed by atoms with Crippen molar-refractivity contribution in [2.75, 3.05) is 5.32 Å². The Hall–Kier alpha value is -2.04. The fourth-order valence-electron chi connectivity index (χ4n) is 1.65. The van der Waals surface area contributed by atoms with Gasteiger partial charge in [0.2, 0.25) is 5.91 Å². The average molecular weight is 265 g/mol. The van der Waals surface area contributed by atoms with Crippen LogP contribution in [0.25, 0.3) is 0 Å². The smallest absolute Gasteiger partial charge is 0.310 e. The number of carbonyl (C=O) groups excluding carboxylic acids is 1. The highest BCUT2D eigenvalue weighted by Gasteiger charge is 2.38. The molecule has 1 aromatic carbocycles. The molecule has 1 unspecified atom stereocenters. The Labute approximate surface area is 112 Å². The van der Waals surface area contributed by atoms with Gasteiger partial charge in [-0.05, 0) is 25.0 Å². The van der Waals surface area contributed by atoms with E-state index in [1.54, 1.807) is 32.9 Å². The molecule has 104 valence electrons. The number of nitrogens with one attached hydrogen (secondary N) is 1. The summed E-state index contributed by atoms with van der Waals surface area (Å²) < 4.78 is 0. The number of hydrogen-bond donors (Lipinski definition) is 3. The van der Waals surface area contributed by atoms with Gasteiger partial charge in [0.1, 0.15) is 5.75 Å². The van der Waals surface area contributed by atoms with Crippen molar-refractivity contribution in [3.8, 4) is 5.75 Å². The first kappa shape index (κ1) is 15.0. The molecule has 0 fully saturated rings. The summed E-state index contributed by atoms with van der Waals surface area (Å²) in [4.78, 5) is 23.2. The highest BCUT2D eigenvalue weighted by molar-refractivity contribution is 5.94. The van der Waals surface area contributed by atoms with E-state index in [4.69, 9.17) is 0 Å². The van der Waals surface area contributed by atoms with Crippen LogP contribution in [0, 0.1) is 11.3 Å². The van der Waals surface area contributed by atoms with E-state index in [1.807, 2.05) is 0 Å². The molecule has 0 bridgehead atoms. The third-order valence-electron chi connectivity index (χ3n) is 3.42. The Kier molecular flexibility index (Phi) is 4.53. The van der Waals surface area contributed by atoms with Gasteiger partial charge in [-0.25, -0.2) is 0 Å². The lowest BCUT2D eigenvalue weighted by Gasteiger charge is -2.28. The van der Waals surface area contributed by atoms with Gasteiger partial charge in [0, 0.05) is 18.2 Å². The van der Waals surface area contributed by atoms with Crippen LogP contribution < -0.4 is 5.32 Å². The molecular formula is C14H19NO4. The molecule has 5 nitrogen and oxygen atoms in total. The minimum atomic E-state index is -1.11. The molecule has 19 heavy (non-hydrogen) atoms. The first-order valence-electron chi connectivity index (χ1n) is 6.08. The second-order valence-corrected chi connectivity index (χ2v) is 5.15. The van der Waals surface area contributed by atoms with Crippen molar-refractivity contribution in [2.45, 2.75) is 27.2 Å². The molecule has 0 aliphatic rings. The number of phenols is 1. The number of hydrogen-bond acceptors (Lipinski definition) is 3. The standard InChI is InChI=1S/C14H19NO4/c1-9(2)14(3,13(18)19)8-12(17)15-10-5-4-6-11(16)7-10/h4-7,9,16H,8H2,1-3H3,(H,15,17)(H,18,19). The number of amides is 1. The van der Waals surface area contributed by atoms with Crippen molar-refractivity contribution in [3.63, 3.8) is 0 Å². The zero-order valence-corrected chi connectivity index (χ0v) is 11.3. The predicted octanol–water partition coefficient (Wildman–Crippen LogP) is 2.47. The van der Waals surface area contributed by atoms with Crippen LogP contribution in [0.1, 0.15) is 27.2 Å². The van der Waals surface area contributed by atoms with Crippen molar-refractivity contribution < 1.29 is 19.8 Å². The molecule has 1 atom stereocenters. The van der Waals surface area contributed by atoms with Gasteiger partial charge in [0.05, 0.1) is 5.41 Å². The van der Waals surface area contributed by atoms with Crippen LogP contribution in [-0.2, 0) is 9.59 Å². The van der Waals surface area contributed by atoms with Crippen LogP contribution in [0.2, 0.25) is 0 Å². The van der Waals surface area contributed by atoms with Gasteiger partial charge in [0.25, 0.3) is 0 Å². The minimum Gasteiger partial charge on any atom is -0.508 e. The van der Waals surface area contributed by atoms with Gasteiger partial charge in [-0.15, -0.1) is 0 Å². The van der Waals surface area contributed by atoms with Gasteiger partial charge in [-0.1, -0.05) is 19.9 Å². The summed E-state index contributed by atoms with van der Waals surface area (Å²) in [5.74, 6) is -1.50. The summed E-state index contributed by atoms with van der Waals surface area (Å²) in [7, 11) is 0. The Morgan fingerprint density at radius 2 is 2.00 bits per heavy atom. The zero-order valence-electron chi connectivity index (χ0n) is 11.3. The number of benzene rings is 1. The number of phenolic OH excluding ortho intramolecular Hbond substituents is 1. The van der Waals surface area contributed by atoms with E-state index in [1.165, 1.54) is 12.1 Å². The van der Waals surface area contributed by atoms with Crippen LogP contribution in [-0.4, -0.2) is 22.1 Å². The topological polar surface area (TPSA) is 86.6 Å². The van der Waals surface area contributed by atoms with Crippen molar-refractivity contribution in [2.24, 2.45) is 11.3 Å². The van der Waals surface area contributed by atoms with Crippen LogP contribution in [0.5, 0.6) is 5.75 Å². The highest BCUT2D eigenvalue weighted by atomic mass is 16.4. The largest absolute Gasteiger partial charge is 0.508 e. The molecule has 0 radical (unpaired) electrons. The quantitative estimate of drug-likeness (QED) is 0.763. The number of anilines is 1. The number of aromatic hydroxyl groups is 1. The molecule has 0 saturated carbocycles. The summed E-state index contributed by atoms with van der Waals surface area (Å²) in [6, 6.07) is 6.13. The van der Waals surface area contributed by atoms with E-state index in [2.05, 4.69) is 5.32 Å². The molecule has 1 amide bonds. The number of carboxylic acids is 1. The molecule has 3 N–H and O–H groups in total. The maximum absolute atomic E-state index is 11.9. The van der Waals surface area contributed by atoms with Crippen LogP contribution in [0.4, 0.5) is 5.69 Å². The second kappa shape index (κ2) is 5.73. The molecule has 0 saturated heterocycles. The maximum atomic E-state index is 11.9. The summed E-state index contributed by atoms with van der Waals surface area (Å²) >= 11 is 0. The van der Waals surface area contributed by atoms with Crippen molar-refractivity contribution >= 4 is 17.6 Å². The van der Waals surface area contributed by atoms with E-state index >= 15 is 0 Å². The van der Waals surface area contributed by atoms with Crippen LogP contribution in [0.15, 0.2) is 24.3 Å². The van der Waals surface area contributed by atoms with Crippen LogP contribution in [0.3, 0.4) is 0 Å². The van der Waals surface area contributed by atoms with E-state index in [0.29, 0.717) is 5.69 Å². The monoisotopic (exact) mass is 265 g/mol. The lowest BCUT2D eigenvalue weighted by molar-refractivity contribution is -0.153. The number of aliphatic carboxylic acids is 1. The van der Waals surface area contributed by atoms with E-state index < -0.39 is 11.4 Å². The van der Waals surface area contributed by atoms with Crippen molar-refractivity contribution in [3.05, 3.63) is 24.3 Å². The maximum Gasteiger partial charge on any atom is 0.310 e. The molecule has 1 rings (SSSR count). The molecule has 0 spiro atoms. The lowest BCUT2D eigenvalue weighted by Crippen LogP contribution is -2.37. The second-order valence-electron chi connectivity index (χ2n) is 5.15. The Bertz CT molecular complexity index is 484. The number of carbonyl (C=O) groups is 2. The van der Waals surface area contributed by atoms with Gasteiger partial charge < -0.3 is 15.5 Å². The van der Waals surface area contributed by atoms with Gasteiger partial charge in [0.15, 0.2) is 0 Å². The van der Waals surface area contributed by atoms with Gasteiger partial charge >= 0.3 is 5.97 Å². The first-order valence-corrected chi connectivity index (χ1v) is 6.08. The normalized spacial score (nSPS) is 13.9. The summed E-state index contributed by atoms with van der Waals surface area (Å²) in [5.41, 5.74) is -0.664. The molecule has 0 aliphatic heterocycles. The number of rotatable bonds is 5. The fourth-order valence-corrected chi connectivity index (χ4v) is 1.65. The molecule has 1 aromatic rings.